The van der Waals surface area contributed by atoms with E-state index >= 15 is 0 Å². The first-order chi connectivity index (χ1) is 11.0. The summed E-state index contributed by atoms with van der Waals surface area (Å²) in [6, 6.07) is 0. The molecule has 1 saturated carbocycles. The second-order valence-corrected chi connectivity index (χ2v) is 5.99. The van der Waals surface area contributed by atoms with Crippen LogP contribution in [-0.4, -0.2) is 55.2 Å². The van der Waals surface area contributed by atoms with Crippen molar-refractivity contribution in [2.24, 2.45) is 17.8 Å². The number of amides is 1. The average molecular weight is 327 g/mol. The van der Waals surface area contributed by atoms with Gasteiger partial charge < -0.3 is 24.2 Å². The maximum absolute atomic E-state index is 12.2. The Morgan fingerprint density at radius 2 is 2.17 bits per heavy atom. The fourth-order valence-corrected chi connectivity index (χ4v) is 3.46. The normalized spacial score (nSPS) is 29.1. The first kappa shape index (κ1) is 17.6. The molecule has 23 heavy (non-hydrogen) atoms. The molecule has 1 fully saturated rings. The third kappa shape index (κ3) is 3.60. The average Bonchev–Trinajstić information content (AvgIpc) is 2.94. The van der Waals surface area contributed by atoms with Gasteiger partial charge in [-0.15, -0.1) is 0 Å². The zero-order chi connectivity index (χ0) is 17.0. The van der Waals surface area contributed by atoms with Crippen molar-refractivity contribution in [3.63, 3.8) is 0 Å². The van der Waals surface area contributed by atoms with Gasteiger partial charge in [-0.25, -0.2) is 9.59 Å². The van der Waals surface area contributed by atoms with E-state index < -0.39 is 18.4 Å². The molecule has 0 saturated heterocycles. The SMILES string of the molecule is CCN(CCO)C(=O)OC1OC=C(C(=O)OC)C2CCC(C)C12. The van der Waals surface area contributed by atoms with Gasteiger partial charge in [-0.1, -0.05) is 6.92 Å². The summed E-state index contributed by atoms with van der Waals surface area (Å²) in [5.41, 5.74) is 0.511. The second kappa shape index (κ2) is 7.68. The highest BCUT2D eigenvalue weighted by molar-refractivity contribution is 5.89. The molecule has 0 bridgehead atoms. The number of aliphatic hydroxyl groups is 1. The van der Waals surface area contributed by atoms with Gasteiger partial charge in [-0.2, -0.15) is 0 Å². The van der Waals surface area contributed by atoms with Crippen LogP contribution in [0.3, 0.4) is 0 Å². The highest BCUT2D eigenvalue weighted by Crippen LogP contribution is 2.46. The minimum atomic E-state index is -0.717. The largest absolute Gasteiger partial charge is 0.466 e. The van der Waals surface area contributed by atoms with Crippen molar-refractivity contribution in [2.45, 2.75) is 33.0 Å². The summed E-state index contributed by atoms with van der Waals surface area (Å²) in [4.78, 5) is 25.5. The molecule has 130 valence electrons. The van der Waals surface area contributed by atoms with Crippen LogP contribution in [0, 0.1) is 17.8 Å². The third-order valence-corrected chi connectivity index (χ3v) is 4.75. The summed E-state index contributed by atoms with van der Waals surface area (Å²) >= 11 is 0. The highest BCUT2D eigenvalue weighted by Gasteiger charge is 2.48. The van der Waals surface area contributed by atoms with E-state index in [2.05, 4.69) is 6.92 Å². The summed E-state index contributed by atoms with van der Waals surface area (Å²) in [5.74, 6) is -0.198. The minimum Gasteiger partial charge on any atom is -0.466 e. The number of likely N-dealkylation sites (N-methyl/N-ethyl adjacent to an activating group) is 1. The van der Waals surface area contributed by atoms with E-state index in [4.69, 9.17) is 19.3 Å². The van der Waals surface area contributed by atoms with E-state index in [0.717, 1.165) is 12.8 Å². The van der Waals surface area contributed by atoms with Gasteiger partial charge in [-0.05, 0) is 25.7 Å². The van der Waals surface area contributed by atoms with Crippen LogP contribution >= 0.6 is 0 Å². The predicted octanol–water partition coefficient (Wildman–Crippen LogP) is 1.51. The van der Waals surface area contributed by atoms with Crippen molar-refractivity contribution >= 4 is 12.1 Å². The molecule has 0 aromatic carbocycles. The van der Waals surface area contributed by atoms with Crippen molar-refractivity contribution in [1.29, 1.82) is 0 Å². The lowest BCUT2D eigenvalue weighted by atomic mass is 9.83. The third-order valence-electron chi connectivity index (χ3n) is 4.75. The fraction of sp³-hybridized carbons (Fsp3) is 0.750. The molecular weight excluding hydrogens is 302 g/mol. The first-order valence-corrected chi connectivity index (χ1v) is 8.03. The fourth-order valence-electron chi connectivity index (χ4n) is 3.46. The number of methoxy groups -OCH3 is 1. The van der Waals surface area contributed by atoms with Gasteiger partial charge in [0.05, 0.1) is 25.6 Å². The molecule has 7 nitrogen and oxygen atoms in total. The number of nitrogens with zero attached hydrogens (tertiary/aromatic N) is 1. The number of esters is 1. The molecule has 1 heterocycles. The predicted molar refractivity (Wildman–Crippen MR) is 81.2 cm³/mol. The second-order valence-electron chi connectivity index (χ2n) is 5.99. The molecule has 0 spiro atoms. The Morgan fingerprint density at radius 3 is 2.78 bits per heavy atom. The van der Waals surface area contributed by atoms with Crippen LogP contribution in [0.25, 0.3) is 0 Å². The standard InChI is InChI=1S/C16H25NO6/c1-4-17(7-8-18)16(20)23-15-13-10(2)5-6-11(13)12(9-22-15)14(19)21-3/h9-11,13,15,18H,4-8H2,1-3H3. The smallest absolute Gasteiger partial charge is 0.412 e. The van der Waals surface area contributed by atoms with Crippen LogP contribution in [-0.2, 0) is 19.0 Å². The van der Waals surface area contributed by atoms with Crippen molar-refractivity contribution in [3.8, 4) is 0 Å². The monoisotopic (exact) mass is 327 g/mol. The molecule has 1 aliphatic heterocycles. The summed E-state index contributed by atoms with van der Waals surface area (Å²) in [7, 11) is 1.34. The summed E-state index contributed by atoms with van der Waals surface area (Å²) in [5, 5.41) is 9.00. The van der Waals surface area contributed by atoms with Gasteiger partial charge in [0.1, 0.15) is 0 Å². The summed E-state index contributed by atoms with van der Waals surface area (Å²) in [6.45, 7) is 4.42. The van der Waals surface area contributed by atoms with Crippen LogP contribution in [0.2, 0.25) is 0 Å². The van der Waals surface area contributed by atoms with Gasteiger partial charge in [0.15, 0.2) is 0 Å². The van der Waals surface area contributed by atoms with Gasteiger partial charge in [0.2, 0.25) is 6.29 Å². The Kier molecular flexibility index (Phi) is 5.87. The highest BCUT2D eigenvalue weighted by atomic mass is 16.7. The summed E-state index contributed by atoms with van der Waals surface area (Å²) < 4.78 is 15.9. The molecule has 0 radical (unpaired) electrons. The lowest BCUT2D eigenvalue weighted by Crippen LogP contribution is -2.43. The van der Waals surface area contributed by atoms with E-state index in [1.165, 1.54) is 18.3 Å². The van der Waals surface area contributed by atoms with Crippen LogP contribution in [0.4, 0.5) is 4.79 Å². The van der Waals surface area contributed by atoms with E-state index in [1.807, 2.05) is 6.92 Å². The van der Waals surface area contributed by atoms with Crippen molar-refractivity contribution in [1.82, 2.24) is 4.90 Å². The maximum Gasteiger partial charge on any atom is 0.412 e. The number of aliphatic hydroxyl groups excluding tert-OH is 1. The lowest BCUT2D eigenvalue weighted by Gasteiger charge is -2.35. The van der Waals surface area contributed by atoms with Gasteiger partial charge >= 0.3 is 12.1 Å². The molecule has 1 amide bonds. The lowest BCUT2D eigenvalue weighted by molar-refractivity contribution is -0.147. The molecule has 7 heteroatoms. The Morgan fingerprint density at radius 1 is 1.43 bits per heavy atom. The van der Waals surface area contributed by atoms with Crippen LogP contribution < -0.4 is 0 Å². The van der Waals surface area contributed by atoms with E-state index in [0.29, 0.717) is 12.1 Å². The Hall–Kier alpha value is -1.76. The van der Waals surface area contributed by atoms with Gasteiger partial charge in [0, 0.05) is 24.9 Å². The van der Waals surface area contributed by atoms with E-state index in [9.17, 15) is 9.59 Å². The number of hydrogen-bond acceptors (Lipinski definition) is 6. The number of fused-ring (bicyclic) bond motifs is 1. The molecule has 4 unspecified atom stereocenters. The molecule has 1 aliphatic carbocycles. The van der Waals surface area contributed by atoms with Crippen molar-refractivity contribution in [2.75, 3.05) is 26.8 Å². The topological polar surface area (TPSA) is 85.3 Å². The summed E-state index contributed by atoms with van der Waals surface area (Å²) in [6.07, 6.45) is 1.92. The number of carbonyl (C=O) groups is 2. The first-order valence-electron chi connectivity index (χ1n) is 8.03. The minimum absolute atomic E-state index is 0.0167. The molecule has 2 rings (SSSR count). The number of rotatable bonds is 5. The van der Waals surface area contributed by atoms with Crippen molar-refractivity contribution in [3.05, 3.63) is 11.8 Å². The quantitative estimate of drug-likeness (QED) is 0.771. The molecule has 1 N–H and O–H groups in total. The van der Waals surface area contributed by atoms with Gasteiger partial charge in [-0.3, -0.25) is 0 Å². The number of hydrogen-bond donors (Lipinski definition) is 1. The van der Waals surface area contributed by atoms with Crippen molar-refractivity contribution < 1.29 is 28.9 Å². The zero-order valence-corrected chi connectivity index (χ0v) is 13.9. The molecule has 4 atom stereocenters. The molecule has 0 aromatic rings. The Balaban J connectivity index is 2.12. The Labute approximate surface area is 136 Å². The molecule has 0 aromatic heterocycles. The zero-order valence-electron chi connectivity index (χ0n) is 13.9. The van der Waals surface area contributed by atoms with Gasteiger partial charge in [0.25, 0.3) is 0 Å². The van der Waals surface area contributed by atoms with E-state index in [-0.39, 0.29) is 30.9 Å². The number of ether oxygens (including phenoxy) is 3. The number of carbonyl (C=O) groups excluding carboxylic acids is 2. The maximum atomic E-state index is 12.2. The molecule has 2 aliphatic rings. The Bertz CT molecular complexity index is 477. The molecular formula is C16H25NO6. The van der Waals surface area contributed by atoms with Crippen LogP contribution in [0.5, 0.6) is 0 Å². The van der Waals surface area contributed by atoms with Crippen LogP contribution in [0.15, 0.2) is 11.8 Å². The van der Waals surface area contributed by atoms with E-state index in [1.54, 1.807) is 0 Å². The van der Waals surface area contributed by atoms with Crippen LogP contribution in [0.1, 0.15) is 26.7 Å².